The van der Waals surface area contributed by atoms with E-state index in [-0.39, 0.29) is 55.1 Å². The number of hydrogen-bond donors (Lipinski definition) is 1. The Kier molecular flexibility index (Phi) is 30.2. The molecule has 0 fully saturated rings. The second kappa shape index (κ2) is 23.1. The van der Waals surface area contributed by atoms with Crippen molar-refractivity contribution in [2.45, 2.75) is 90.9 Å². The Labute approximate surface area is 191 Å². The zero-order valence-electron chi connectivity index (χ0n) is 15.0. The molecule has 0 aliphatic heterocycles. The molecule has 0 N–H and O–H groups in total. The number of hydrogen-bond acceptors (Lipinski definition) is 1. The standard InChI is InChI=1S/C17H35NS2.La.Zn/c1-3-5-7-9-11-13-15-18(17(19)20)16-14-12-10-8-6-4-2;;/h3-16H2,1-2H3,(H,19,20);;. The van der Waals surface area contributed by atoms with Gasteiger partial charge in [0.15, 0.2) is 0 Å². The molecule has 1 radical (unpaired) electrons. The van der Waals surface area contributed by atoms with Crippen molar-refractivity contribution >= 4 is 29.2 Å². The molecule has 0 aromatic heterocycles. The predicted octanol–water partition coefficient (Wildman–Crippen LogP) is 6.22. The molecule has 0 atom stereocenters. The summed E-state index contributed by atoms with van der Waals surface area (Å²) in [6.45, 7) is 6.73. The molecule has 0 saturated carbocycles. The summed E-state index contributed by atoms with van der Waals surface area (Å²) >= 11 is 9.61. The van der Waals surface area contributed by atoms with Gasteiger partial charge in [0, 0.05) is 68.2 Å². The molecule has 0 bridgehead atoms. The van der Waals surface area contributed by atoms with E-state index in [0.717, 1.165) is 17.4 Å². The van der Waals surface area contributed by atoms with Gasteiger partial charge in [-0.2, -0.15) is 0 Å². The largest absolute Gasteiger partial charge is 0.358 e. The SMILES string of the molecule is CCCCCCCCN(CCCCCCCC)C(=S)S.[La].[Zn]. The van der Waals surface area contributed by atoms with Gasteiger partial charge in [-0.3, -0.25) is 0 Å². The third kappa shape index (κ3) is 20.1. The Morgan fingerprint density at radius 3 is 1.36 bits per heavy atom. The van der Waals surface area contributed by atoms with Crippen molar-refractivity contribution in [1.82, 2.24) is 4.90 Å². The summed E-state index contributed by atoms with van der Waals surface area (Å²) in [6, 6.07) is 0. The van der Waals surface area contributed by atoms with E-state index >= 15 is 0 Å². The van der Waals surface area contributed by atoms with Gasteiger partial charge in [-0.15, -0.1) is 12.6 Å². The molecular formula is C17H35LaNS2Zn. The van der Waals surface area contributed by atoms with E-state index < -0.39 is 0 Å². The van der Waals surface area contributed by atoms with Gasteiger partial charge in [-0.05, 0) is 12.8 Å². The monoisotopic (exact) mass is 520 g/mol. The summed E-state index contributed by atoms with van der Waals surface area (Å²) in [5.41, 5.74) is 0. The van der Waals surface area contributed by atoms with Gasteiger partial charge in [-0.25, -0.2) is 0 Å². The van der Waals surface area contributed by atoms with Crippen LogP contribution < -0.4 is 0 Å². The summed E-state index contributed by atoms with van der Waals surface area (Å²) in [7, 11) is 0. The van der Waals surface area contributed by atoms with Crippen LogP contribution in [0.15, 0.2) is 0 Å². The van der Waals surface area contributed by atoms with Crippen LogP contribution >= 0.6 is 24.8 Å². The first-order chi connectivity index (χ1) is 9.72. The fourth-order valence-electron chi connectivity index (χ4n) is 2.47. The van der Waals surface area contributed by atoms with Crippen LogP contribution in [0.1, 0.15) is 90.9 Å². The molecule has 0 unspecified atom stereocenters. The van der Waals surface area contributed by atoms with Crippen molar-refractivity contribution < 1.29 is 55.1 Å². The fourth-order valence-corrected chi connectivity index (χ4v) is 2.85. The first-order valence-electron chi connectivity index (χ1n) is 8.70. The van der Waals surface area contributed by atoms with Crippen molar-refractivity contribution in [2.24, 2.45) is 0 Å². The third-order valence-corrected chi connectivity index (χ3v) is 4.37. The first-order valence-corrected chi connectivity index (χ1v) is 9.55. The Morgan fingerprint density at radius 2 is 1.05 bits per heavy atom. The number of thiocarbonyl (C=S) groups is 1. The van der Waals surface area contributed by atoms with E-state index in [9.17, 15) is 0 Å². The van der Waals surface area contributed by atoms with Gasteiger partial charge in [0.25, 0.3) is 0 Å². The van der Waals surface area contributed by atoms with Crippen molar-refractivity contribution in [3.8, 4) is 0 Å². The summed E-state index contributed by atoms with van der Waals surface area (Å²) in [5, 5.41) is 0. The molecule has 0 aliphatic carbocycles. The van der Waals surface area contributed by atoms with Gasteiger partial charge in [0.05, 0.1) is 0 Å². The predicted molar refractivity (Wildman–Crippen MR) is 99.9 cm³/mol. The Hall–Kier alpha value is 2.06. The number of nitrogens with zero attached hydrogens (tertiary/aromatic N) is 1. The molecule has 0 heterocycles. The Bertz CT molecular complexity index is 215. The van der Waals surface area contributed by atoms with Gasteiger partial charge >= 0.3 is 0 Å². The van der Waals surface area contributed by atoms with Gasteiger partial charge in [-0.1, -0.05) is 90.3 Å². The summed E-state index contributed by atoms with van der Waals surface area (Å²) in [6.07, 6.45) is 16.1. The van der Waals surface area contributed by atoms with Crippen LogP contribution in [0.4, 0.5) is 0 Å². The third-order valence-electron chi connectivity index (χ3n) is 3.83. The molecule has 0 aliphatic rings. The number of rotatable bonds is 14. The Balaban J connectivity index is -0.00000180. The smallest absolute Gasteiger partial charge is 0.133 e. The van der Waals surface area contributed by atoms with Crippen LogP contribution in [0.5, 0.6) is 0 Å². The second-order valence-electron chi connectivity index (χ2n) is 5.81. The van der Waals surface area contributed by atoms with Crippen molar-refractivity contribution in [2.75, 3.05) is 13.1 Å². The van der Waals surface area contributed by atoms with Crippen molar-refractivity contribution in [1.29, 1.82) is 0 Å². The van der Waals surface area contributed by atoms with E-state index in [2.05, 4.69) is 31.4 Å². The maximum Gasteiger partial charge on any atom is 0.133 e. The minimum Gasteiger partial charge on any atom is -0.358 e. The average Bonchev–Trinajstić information content (AvgIpc) is 2.43. The second-order valence-corrected chi connectivity index (χ2v) is 6.92. The van der Waals surface area contributed by atoms with E-state index in [1.807, 2.05) is 0 Å². The molecule has 5 heteroatoms. The molecule has 0 aromatic rings. The van der Waals surface area contributed by atoms with Crippen LogP contribution in [0.2, 0.25) is 0 Å². The van der Waals surface area contributed by atoms with E-state index in [0.29, 0.717) is 0 Å². The molecule has 0 aromatic carbocycles. The number of thiol groups is 1. The van der Waals surface area contributed by atoms with Crippen molar-refractivity contribution in [3.05, 3.63) is 0 Å². The fraction of sp³-hybridized carbons (Fsp3) is 0.941. The molecule has 22 heavy (non-hydrogen) atoms. The molecular weight excluding hydrogens is 487 g/mol. The van der Waals surface area contributed by atoms with Gasteiger partial charge < -0.3 is 4.90 Å². The van der Waals surface area contributed by atoms with Crippen LogP contribution in [0, 0.1) is 35.6 Å². The molecule has 0 rings (SSSR count). The molecule has 0 amide bonds. The maximum atomic E-state index is 5.25. The molecule has 0 saturated heterocycles. The summed E-state index contributed by atoms with van der Waals surface area (Å²) < 4.78 is 0.784. The van der Waals surface area contributed by atoms with Crippen molar-refractivity contribution in [3.63, 3.8) is 0 Å². The molecule has 0 spiro atoms. The minimum absolute atomic E-state index is 0. The van der Waals surface area contributed by atoms with Gasteiger partial charge in [0.2, 0.25) is 0 Å². The summed E-state index contributed by atoms with van der Waals surface area (Å²) in [4.78, 5) is 2.29. The quantitative estimate of drug-likeness (QED) is 0.125. The Morgan fingerprint density at radius 1 is 0.727 bits per heavy atom. The zero-order valence-corrected chi connectivity index (χ0v) is 23.3. The van der Waals surface area contributed by atoms with Gasteiger partial charge in [0.1, 0.15) is 4.32 Å². The first kappa shape index (κ1) is 28.8. The normalized spacial score (nSPS) is 9.77. The molecule has 1 nitrogen and oxygen atoms in total. The van der Waals surface area contributed by atoms with E-state index in [4.69, 9.17) is 12.2 Å². The maximum absolute atomic E-state index is 5.25. The summed E-state index contributed by atoms with van der Waals surface area (Å²) in [5.74, 6) is 0. The topological polar surface area (TPSA) is 3.24 Å². The van der Waals surface area contributed by atoms with Crippen LogP contribution in [-0.2, 0) is 19.5 Å². The minimum atomic E-state index is 0. The van der Waals surface area contributed by atoms with Crippen LogP contribution in [0.25, 0.3) is 0 Å². The van der Waals surface area contributed by atoms with E-state index in [1.54, 1.807) is 0 Å². The molecule has 125 valence electrons. The van der Waals surface area contributed by atoms with E-state index in [1.165, 1.54) is 77.0 Å². The van der Waals surface area contributed by atoms with Crippen LogP contribution in [0.3, 0.4) is 0 Å². The van der Waals surface area contributed by atoms with Crippen LogP contribution in [-0.4, -0.2) is 22.3 Å². The average molecular weight is 522 g/mol. The zero-order chi connectivity index (χ0) is 15.1. The number of unbranched alkanes of at least 4 members (excludes halogenated alkanes) is 10.